The molecule has 2 aromatic carbocycles. The van der Waals surface area contributed by atoms with Gasteiger partial charge in [0.2, 0.25) is 0 Å². The van der Waals surface area contributed by atoms with E-state index in [0.717, 1.165) is 13.0 Å². The molecule has 1 aliphatic heterocycles. The molecule has 0 saturated carbocycles. The normalized spacial score (nSPS) is 26.1. The van der Waals surface area contributed by atoms with Gasteiger partial charge in [-0.2, -0.15) is 0 Å². The van der Waals surface area contributed by atoms with Crippen LogP contribution in [0.2, 0.25) is 0 Å². The van der Waals surface area contributed by atoms with E-state index < -0.39 is 0 Å². The van der Waals surface area contributed by atoms with E-state index in [4.69, 9.17) is 0 Å². The van der Waals surface area contributed by atoms with Crippen molar-refractivity contribution >= 4 is 5.57 Å². The van der Waals surface area contributed by atoms with Crippen LogP contribution in [0.4, 0.5) is 0 Å². The van der Waals surface area contributed by atoms with Crippen LogP contribution in [0.3, 0.4) is 0 Å². The summed E-state index contributed by atoms with van der Waals surface area (Å²) in [5, 5.41) is 0. The largest absolute Gasteiger partial charge is 0.304 e. The highest BCUT2D eigenvalue weighted by atomic mass is 15.2. The number of hydrogen-bond donors (Lipinski definition) is 0. The first-order valence-electron chi connectivity index (χ1n) is 9.42. The Morgan fingerprint density at radius 2 is 1.60 bits per heavy atom. The van der Waals surface area contributed by atoms with E-state index in [1.807, 2.05) is 0 Å². The average molecular weight is 332 g/mol. The van der Waals surface area contributed by atoms with Crippen LogP contribution >= 0.6 is 0 Å². The summed E-state index contributed by atoms with van der Waals surface area (Å²) in [5.74, 6) is 0. The Labute approximate surface area is 151 Å². The van der Waals surface area contributed by atoms with Gasteiger partial charge in [-0.15, -0.1) is 0 Å². The van der Waals surface area contributed by atoms with Crippen molar-refractivity contribution in [2.75, 3.05) is 39.8 Å². The lowest BCUT2D eigenvalue weighted by molar-refractivity contribution is 0.166. The lowest BCUT2D eigenvalue weighted by Gasteiger charge is -2.33. The second-order valence-electron chi connectivity index (χ2n) is 7.75. The van der Waals surface area contributed by atoms with Crippen molar-refractivity contribution in [2.24, 2.45) is 0 Å². The molecule has 1 atom stereocenters. The fourth-order valence-corrected chi connectivity index (χ4v) is 4.36. The average Bonchev–Trinajstić information content (AvgIpc) is 2.95. The van der Waals surface area contributed by atoms with Crippen LogP contribution in [0.5, 0.6) is 0 Å². The van der Waals surface area contributed by atoms with Crippen molar-refractivity contribution in [3.63, 3.8) is 0 Å². The van der Waals surface area contributed by atoms with Gasteiger partial charge in [0.05, 0.1) is 0 Å². The first kappa shape index (κ1) is 16.6. The fourth-order valence-electron chi connectivity index (χ4n) is 4.36. The van der Waals surface area contributed by atoms with Crippen LogP contribution in [0.15, 0.2) is 60.7 Å². The Hall–Kier alpha value is -1.90. The van der Waals surface area contributed by atoms with Crippen molar-refractivity contribution in [1.29, 1.82) is 0 Å². The predicted molar refractivity (Wildman–Crippen MR) is 106 cm³/mol. The maximum atomic E-state index is 2.58. The molecule has 2 nitrogen and oxygen atoms in total. The van der Waals surface area contributed by atoms with Crippen LogP contribution in [-0.2, 0) is 11.8 Å². The number of nitrogens with zero attached hydrogens (tertiary/aromatic N) is 2. The summed E-state index contributed by atoms with van der Waals surface area (Å²) in [6.45, 7) is 8.16. The van der Waals surface area contributed by atoms with Gasteiger partial charge in [0, 0.05) is 38.1 Å². The number of benzene rings is 2. The Morgan fingerprint density at radius 3 is 2.36 bits per heavy atom. The van der Waals surface area contributed by atoms with Gasteiger partial charge in [0.15, 0.2) is 0 Å². The standard InChI is InChI=1S/C23H28N2/c1-23(20-9-4-3-5-10-20)18-19-8-6-7-11-21(19)22(23)12-13-25-16-14-24(2)15-17-25/h3-12H,13-18H2,1-2H3. The van der Waals surface area contributed by atoms with E-state index in [1.165, 1.54) is 48.4 Å². The molecule has 4 rings (SSSR count). The summed E-state index contributed by atoms with van der Waals surface area (Å²) < 4.78 is 0. The Balaban J connectivity index is 1.67. The van der Waals surface area contributed by atoms with Gasteiger partial charge in [-0.25, -0.2) is 0 Å². The number of likely N-dealkylation sites (N-methyl/N-ethyl adjacent to an activating group) is 1. The lowest BCUT2D eigenvalue weighted by atomic mass is 9.76. The molecule has 25 heavy (non-hydrogen) atoms. The molecule has 1 aliphatic carbocycles. The molecular formula is C23H28N2. The van der Waals surface area contributed by atoms with E-state index in [9.17, 15) is 0 Å². The molecule has 1 fully saturated rings. The zero-order chi connectivity index (χ0) is 17.3. The van der Waals surface area contributed by atoms with Gasteiger partial charge in [-0.3, -0.25) is 4.90 Å². The maximum absolute atomic E-state index is 2.58. The molecule has 130 valence electrons. The molecule has 1 unspecified atom stereocenters. The molecule has 0 amide bonds. The zero-order valence-electron chi connectivity index (χ0n) is 15.4. The summed E-state index contributed by atoms with van der Waals surface area (Å²) in [5.41, 5.74) is 5.95. The highest BCUT2D eigenvalue weighted by molar-refractivity contribution is 5.82. The van der Waals surface area contributed by atoms with Crippen molar-refractivity contribution in [3.8, 4) is 0 Å². The molecule has 0 N–H and O–H groups in total. The first-order valence-corrected chi connectivity index (χ1v) is 9.42. The zero-order valence-corrected chi connectivity index (χ0v) is 15.4. The molecule has 2 heteroatoms. The number of hydrogen-bond acceptors (Lipinski definition) is 2. The van der Waals surface area contributed by atoms with Gasteiger partial charge >= 0.3 is 0 Å². The van der Waals surface area contributed by atoms with Gasteiger partial charge in [-0.05, 0) is 35.7 Å². The summed E-state index contributed by atoms with van der Waals surface area (Å²) in [6, 6.07) is 20.0. The van der Waals surface area contributed by atoms with Crippen LogP contribution in [0.25, 0.3) is 5.57 Å². The van der Waals surface area contributed by atoms with E-state index >= 15 is 0 Å². The van der Waals surface area contributed by atoms with Crippen LogP contribution in [0.1, 0.15) is 23.6 Å². The molecule has 0 radical (unpaired) electrons. The fraction of sp³-hybridized carbons (Fsp3) is 0.391. The maximum Gasteiger partial charge on any atom is 0.0218 e. The molecule has 0 aromatic heterocycles. The number of fused-ring (bicyclic) bond motifs is 1. The molecule has 1 heterocycles. The quantitative estimate of drug-likeness (QED) is 0.843. The molecule has 2 aromatic rings. The molecule has 0 bridgehead atoms. The lowest BCUT2D eigenvalue weighted by Crippen LogP contribution is -2.44. The minimum absolute atomic E-state index is 0.0809. The molecular weight excluding hydrogens is 304 g/mol. The minimum atomic E-state index is 0.0809. The Kier molecular flexibility index (Phi) is 4.49. The Morgan fingerprint density at radius 1 is 0.920 bits per heavy atom. The van der Waals surface area contributed by atoms with Crippen LogP contribution in [0, 0.1) is 0 Å². The Bertz CT molecular complexity index is 757. The summed E-state index contributed by atoms with van der Waals surface area (Å²) >= 11 is 0. The SMILES string of the molecule is CN1CCN(CC=C2c3ccccc3CC2(C)c2ccccc2)CC1. The number of allylic oxidation sites excluding steroid dienone is 1. The number of rotatable bonds is 3. The van der Waals surface area contributed by atoms with E-state index in [0.29, 0.717) is 0 Å². The van der Waals surface area contributed by atoms with Gasteiger partial charge < -0.3 is 4.90 Å². The third kappa shape index (κ3) is 3.17. The highest BCUT2D eigenvalue weighted by Gasteiger charge is 2.38. The van der Waals surface area contributed by atoms with Gasteiger partial charge in [-0.1, -0.05) is 67.6 Å². The van der Waals surface area contributed by atoms with Crippen molar-refractivity contribution in [1.82, 2.24) is 9.80 Å². The van der Waals surface area contributed by atoms with Crippen LogP contribution in [-0.4, -0.2) is 49.6 Å². The molecule has 1 saturated heterocycles. The third-order valence-electron chi connectivity index (χ3n) is 6.01. The second kappa shape index (κ2) is 6.78. The summed E-state index contributed by atoms with van der Waals surface area (Å²) in [4.78, 5) is 5.00. The van der Waals surface area contributed by atoms with Gasteiger partial charge in [0.25, 0.3) is 0 Å². The minimum Gasteiger partial charge on any atom is -0.304 e. The summed E-state index contributed by atoms with van der Waals surface area (Å²) in [7, 11) is 2.22. The smallest absolute Gasteiger partial charge is 0.0218 e. The summed E-state index contributed by atoms with van der Waals surface area (Å²) in [6.07, 6.45) is 3.60. The van der Waals surface area contributed by atoms with E-state index in [1.54, 1.807) is 0 Å². The second-order valence-corrected chi connectivity index (χ2v) is 7.75. The van der Waals surface area contributed by atoms with E-state index in [2.05, 4.69) is 84.4 Å². The third-order valence-corrected chi connectivity index (χ3v) is 6.01. The van der Waals surface area contributed by atoms with Crippen LogP contribution < -0.4 is 0 Å². The van der Waals surface area contributed by atoms with E-state index in [-0.39, 0.29) is 5.41 Å². The van der Waals surface area contributed by atoms with Gasteiger partial charge in [0.1, 0.15) is 0 Å². The monoisotopic (exact) mass is 332 g/mol. The number of piperazine rings is 1. The first-order chi connectivity index (χ1) is 12.2. The molecule has 2 aliphatic rings. The van der Waals surface area contributed by atoms with Crippen molar-refractivity contribution in [3.05, 3.63) is 77.4 Å². The predicted octanol–water partition coefficient (Wildman–Crippen LogP) is 3.83. The highest BCUT2D eigenvalue weighted by Crippen LogP contribution is 2.48. The van der Waals surface area contributed by atoms with Crippen molar-refractivity contribution < 1.29 is 0 Å². The topological polar surface area (TPSA) is 6.48 Å². The molecule has 0 spiro atoms. The van der Waals surface area contributed by atoms with Crippen molar-refractivity contribution in [2.45, 2.75) is 18.8 Å².